The van der Waals surface area contributed by atoms with Gasteiger partial charge in [0.05, 0.1) is 16.3 Å². The highest BCUT2D eigenvalue weighted by Crippen LogP contribution is 2.30. The molecule has 1 aromatic carbocycles. The maximum absolute atomic E-state index is 12.5. The van der Waals surface area contributed by atoms with Crippen LogP contribution in [0.2, 0.25) is 0 Å². The molecule has 2 rings (SSSR count). The van der Waals surface area contributed by atoms with Crippen LogP contribution in [0, 0.1) is 6.92 Å². The van der Waals surface area contributed by atoms with Crippen LogP contribution in [0.3, 0.4) is 0 Å². The van der Waals surface area contributed by atoms with Gasteiger partial charge in [-0.1, -0.05) is 12.1 Å². The van der Waals surface area contributed by atoms with Gasteiger partial charge in [-0.2, -0.15) is 13.2 Å². The van der Waals surface area contributed by atoms with Crippen molar-refractivity contribution in [3.63, 3.8) is 0 Å². The molecule has 1 aromatic heterocycles. The van der Waals surface area contributed by atoms with Crippen LogP contribution in [0.25, 0.3) is 0 Å². The van der Waals surface area contributed by atoms with E-state index in [2.05, 4.69) is 10.3 Å². The van der Waals surface area contributed by atoms with E-state index in [-0.39, 0.29) is 12.1 Å². The first kappa shape index (κ1) is 16.0. The van der Waals surface area contributed by atoms with Gasteiger partial charge >= 0.3 is 6.18 Å². The van der Waals surface area contributed by atoms with E-state index in [1.54, 1.807) is 11.3 Å². The molecule has 0 aliphatic rings. The lowest BCUT2D eigenvalue weighted by Gasteiger charge is -2.19. The largest absolute Gasteiger partial charge is 0.416 e. The summed E-state index contributed by atoms with van der Waals surface area (Å²) in [4.78, 5) is 4.41. The number of hydrogen-bond acceptors (Lipinski definition) is 3. The fourth-order valence-corrected chi connectivity index (χ4v) is 2.80. The lowest BCUT2D eigenvalue weighted by molar-refractivity contribution is -0.137. The van der Waals surface area contributed by atoms with E-state index in [9.17, 15) is 13.2 Å². The molecule has 0 radical (unpaired) electrons. The molecule has 0 aliphatic heterocycles. The molecule has 1 N–H and O–H groups in total. The lowest BCUT2D eigenvalue weighted by Crippen LogP contribution is -2.22. The number of aryl methyl sites for hydroxylation is 1. The first-order chi connectivity index (χ1) is 9.77. The fourth-order valence-electron chi connectivity index (χ4n) is 2.10. The van der Waals surface area contributed by atoms with Crippen molar-refractivity contribution in [1.82, 2.24) is 10.3 Å². The van der Waals surface area contributed by atoms with Gasteiger partial charge in [-0.15, -0.1) is 11.3 Å². The molecule has 0 saturated carbocycles. The van der Waals surface area contributed by atoms with Crippen LogP contribution < -0.4 is 5.32 Å². The summed E-state index contributed by atoms with van der Waals surface area (Å²) >= 11 is 1.58. The van der Waals surface area contributed by atoms with Crippen LogP contribution in [0.5, 0.6) is 0 Å². The molecule has 21 heavy (non-hydrogen) atoms. The number of aromatic nitrogens is 1. The Kier molecular flexibility index (Phi) is 4.68. The zero-order valence-electron chi connectivity index (χ0n) is 12.0. The quantitative estimate of drug-likeness (QED) is 0.870. The summed E-state index contributed by atoms with van der Waals surface area (Å²) in [6.07, 6.45) is -4.29. The van der Waals surface area contributed by atoms with Crippen molar-refractivity contribution < 1.29 is 13.2 Å². The molecule has 2 nitrogen and oxygen atoms in total. The van der Waals surface area contributed by atoms with Crippen LogP contribution >= 0.6 is 11.3 Å². The fraction of sp³-hybridized carbons (Fsp3) is 0.400. The van der Waals surface area contributed by atoms with Crippen LogP contribution in [-0.4, -0.2) is 4.98 Å². The molecule has 6 heteroatoms. The van der Waals surface area contributed by atoms with Gasteiger partial charge in [0, 0.05) is 17.5 Å². The average Bonchev–Trinajstić information content (AvgIpc) is 2.84. The van der Waals surface area contributed by atoms with Crippen molar-refractivity contribution in [3.8, 4) is 0 Å². The highest BCUT2D eigenvalue weighted by molar-refractivity contribution is 7.09. The molecule has 0 fully saturated rings. The summed E-state index contributed by atoms with van der Waals surface area (Å²) in [7, 11) is 0. The number of hydrogen-bond donors (Lipinski definition) is 1. The summed E-state index contributed by atoms with van der Waals surface area (Å²) in [6, 6.07) is 5.26. The van der Waals surface area contributed by atoms with Crippen LogP contribution in [0.15, 0.2) is 29.6 Å². The predicted molar refractivity (Wildman–Crippen MR) is 78.3 cm³/mol. The smallest absolute Gasteiger partial charge is 0.302 e. The maximum atomic E-state index is 12.5. The standard InChI is InChI=1S/C15H17F3N2S/c1-9(19-10(2)14-8-21-11(3)20-14)12-4-6-13(7-5-12)15(16,17)18/h4-10,19H,1-3H3. The van der Waals surface area contributed by atoms with Crippen molar-refractivity contribution in [2.75, 3.05) is 0 Å². The third-order valence-electron chi connectivity index (χ3n) is 3.32. The number of nitrogens with one attached hydrogen (secondary N) is 1. The minimum absolute atomic E-state index is 0.0484. The van der Waals surface area contributed by atoms with E-state index in [4.69, 9.17) is 0 Å². The van der Waals surface area contributed by atoms with E-state index in [1.807, 2.05) is 26.2 Å². The second-order valence-electron chi connectivity index (χ2n) is 5.02. The predicted octanol–water partition coefficient (Wildman–Crippen LogP) is 4.88. The zero-order valence-corrected chi connectivity index (χ0v) is 12.8. The van der Waals surface area contributed by atoms with Gasteiger partial charge in [-0.25, -0.2) is 4.98 Å². The molecular weight excluding hydrogens is 297 g/mol. The first-order valence-electron chi connectivity index (χ1n) is 6.62. The molecule has 2 unspecified atom stereocenters. The number of nitrogens with zero attached hydrogens (tertiary/aromatic N) is 1. The van der Waals surface area contributed by atoms with E-state index >= 15 is 0 Å². The molecule has 0 spiro atoms. The minimum atomic E-state index is -4.29. The van der Waals surface area contributed by atoms with Crippen LogP contribution in [-0.2, 0) is 6.18 Å². The van der Waals surface area contributed by atoms with Crippen molar-refractivity contribution in [3.05, 3.63) is 51.5 Å². The Morgan fingerprint density at radius 3 is 2.19 bits per heavy atom. The summed E-state index contributed by atoms with van der Waals surface area (Å²) < 4.78 is 37.6. The Hall–Kier alpha value is -1.40. The van der Waals surface area contributed by atoms with Crippen molar-refractivity contribution in [2.24, 2.45) is 0 Å². The topological polar surface area (TPSA) is 24.9 Å². The number of rotatable bonds is 4. The molecule has 2 atom stereocenters. The Balaban J connectivity index is 2.04. The van der Waals surface area contributed by atoms with Gasteiger partial charge in [-0.05, 0) is 38.5 Å². The van der Waals surface area contributed by atoms with Crippen molar-refractivity contribution >= 4 is 11.3 Å². The Bertz CT molecular complexity index is 590. The zero-order chi connectivity index (χ0) is 15.6. The number of alkyl halides is 3. The van der Waals surface area contributed by atoms with E-state index in [1.165, 1.54) is 12.1 Å². The molecular formula is C15H17F3N2S. The van der Waals surface area contributed by atoms with Crippen molar-refractivity contribution in [2.45, 2.75) is 39.0 Å². The lowest BCUT2D eigenvalue weighted by atomic mass is 10.0. The number of benzene rings is 1. The molecule has 0 aliphatic carbocycles. The second-order valence-corrected chi connectivity index (χ2v) is 6.08. The normalized spacial score (nSPS) is 15.0. The highest BCUT2D eigenvalue weighted by atomic mass is 32.1. The van der Waals surface area contributed by atoms with Crippen molar-refractivity contribution in [1.29, 1.82) is 0 Å². The van der Waals surface area contributed by atoms with Gasteiger partial charge in [0.2, 0.25) is 0 Å². The number of halogens is 3. The Labute approximate surface area is 126 Å². The molecule has 0 bridgehead atoms. The minimum Gasteiger partial charge on any atom is -0.302 e. The van der Waals surface area contributed by atoms with Gasteiger partial charge in [0.15, 0.2) is 0 Å². The van der Waals surface area contributed by atoms with Crippen LogP contribution in [0.1, 0.15) is 47.8 Å². The van der Waals surface area contributed by atoms with Crippen LogP contribution in [0.4, 0.5) is 13.2 Å². The molecule has 2 aromatic rings. The molecule has 0 saturated heterocycles. The summed E-state index contributed by atoms with van der Waals surface area (Å²) in [6.45, 7) is 5.87. The van der Waals surface area contributed by atoms with E-state index < -0.39 is 11.7 Å². The summed E-state index contributed by atoms with van der Waals surface area (Å²) in [5, 5.41) is 6.34. The van der Waals surface area contributed by atoms with Gasteiger partial charge < -0.3 is 5.32 Å². The Morgan fingerprint density at radius 2 is 1.71 bits per heavy atom. The van der Waals surface area contributed by atoms with Gasteiger partial charge in [-0.3, -0.25) is 0 Å². The highest BCUT2D eigenvalue weighted by Gasteiger charge is 2.30. The average molecular weight is 314 g/mol. The molecule has 0 amide bonds. The molecule has 1 heterocycles. The third-order valence-corrected chi connectivity index (χ3v) is 4.11. The molecule has 114 valence electrons. The van der Waals surface area contributed by atoms with Gasteiger partial charge in [0.1, 0.15) is 0 Å². The number of thiazole rings is 1. The van der Waals surface area contributed by atoms with Gasteiger partial charge in [0.25, 0.3) is 0 Å². The Morgan fingerprint density at radius 1 is 1.10 bits per heavy atom. The van der Waals surface area contributed by atoms with E-state index in [0.717, 1.165) is 28.4 Å². The summed E-state index contributed by atoms with van der Waals surface area (Å²) in [5.74, 6) is 0. The SMILES string of the molecule is Cc1nc(C(C)NC(C)c2ccc(C(F)(F)F)cc2)cs1. The maximum Gasteiger partial charge on any atom is 0.416 e. The monoisotopic (exact) mass is 314 g/mol. The third kappa shape index (κ3) is 4.04. The first-order valence-corrected chi connectivity index (χ1v) is 7.50. The van der Waals surface area contributed by atoms with E-state index in [0.29, 0.717) is 0 Å². The summed E-state index contributed by atoms with van der Waals surface area (Å²) in [5.41, 5.74) is 1.15. The second kappa shape index (κ2) is 6.15.